The number of carbonyl (C=O) groups is 2. The number of fused-ring (bicyclic) bond motifs is 1. The van der Waals surface area contributed by atoms with Crippen LogP contribution in [0.3, 0.4) is 0 Å². The fraction of sp³-hybridized carbons (Fsp3) is 0.471. The Labute approximate surface area is 149 Å². The first-order chi connectivity index (χ1) is 11.8. The highest BCUT2D eigenvalue weighted by Crippen LogP contribution is 2.35. The Bertz CT molecular complexity index is 785. The van der Waals surface area contributed by atoms with Gasteiger partial charge in [0, 0.05) is 5.75 Å². The summed E-state index contributed by atoms with van der Waals surface area (Å²) in [5.74, 6) is -2.62. The molecular weight excluding hydrogens is 346 g/mol. The van der Waals surface area contributed by atoms with Gasteiger partial charge in [-0.25, -0.2) is 4.98 Å². The van der Waals surface area contributed by atoms with E-state index in [4.69, 9.17) is 19.4 Å². The van der Waals surface area contributed by atoms with Gasteiger partial charge in [-0.1, -0.05) is 18.7 Å². The minimum Gasteiger partial charge on any atom is -0.490 e. The Morgan fingerprint density at radius 2 is 2.08 bits per heavy atom. The van der Waals surface area contributed by atoms with Crippen molar-refractivity contribution in [3.63, 3.8) is 0 Å². The molecule has 0 saturated heterocycles. The maximum atomic E-state index is 11.2. The normalized spacial score (nSPS) is 12.3. The zero-order chi connectivity index (χ0) is 18.6. The highest BCUT2D eigenvalue weighted by molar-refractivity contribution is 7.99. The summed E-state index contributed by atoms with van der Waals surface area (Å²) in [6.45, 7) is 6.46. The minimum absolute atomic E-state index is 0.0671. The van der Waals surface area contributed by atoms with E-state index in [-0.39, 0.29) is 5.75 Å². The van der Waals surface area contributed by atoms with E-state index in [1.165, 1.54) is 0 Å². The maximum absolute atomic E-state index is 11.2. The molecule has 1 aromatic carbocycles. The molecule has 0 amide bonds. The van der Waals surface area contributed by atoms with Crippen LogP contribution in [0.4, 0.5) is 0 Å². The van der Waals surface area contributed by atoms with Gasteiger partial charge in [-0.2, -0.15) is 0 Å². The zero-order valence-corrected chi connectivity index (χ0v) is 15.2. The molecule has 1 heterocycles. The van der Waals surface area contributed by atoms with E-state index < -0.39 is 24.3 Å². The molecule has 8 heteroatoms. The van der Waals surface area contributed by atoms with Crippen LogP contribution >= 0.6 is 11.8 Å². The Hall–Kier alpha value is -2.22. The Morgan fingerprint density at radius 3 is 2.68 bits per heavy atom. The molecule has 2 rings (SSSR count). The number of carboxylic acids is 2. The van der Waals surface area contributed by atoms with Crippen molar-refractivity contribution in [2.24, 2.45) is 5.92 Å². The number of hydrogen-bond acceptors (Lipinski definition) is 6. The lowest BCUT2D eigenvalue weighted by Crippen LogP contribution is -2.20. The van der Waals surface area contributed by atoms with Crippen LogP contribution in [0.1, 0.15) is 30.9 Å². The predicted molar refractivity (Wildman–Crippen MR) is 93.4 cm³/mol. The monoisotopic (exact) mass is 367 g/mol. The molecule has 0 saturated carbocycles. The van der Waals surface area contributed by atoms with E-state index in [0.29, 0.717) is 28.7 Å². The molecule has 2 N–H and O–H groups in total. The van der Waals surface area contributed by atoms with Crippen molar-refractivity contribution in [1.82, 2.24) is 4.98 Å². The second-order valence-corrected chi connectivity index (χ2v) is 6.74. The first-order valence-corrected chi connectivity index (χ1v) is 8.93. The Balaban J connectivity index is 2.26. The summed E-state index contributed by atoms with van der Waals surface area (Å²) in [4.78, 5) is 26.3. The van der Waals surface area contributed by atoms with Crippen molar-refractivity contribution in [2.45, 2.75) is 38.8 Å². The van der Waals surface area contributed by atoms with Gasteiger partial charge in [0.1, 0.15) is 5.52 Å². The van der Waals surface area contributed by atoms with Crippen LogP contribution in [0.5, 0.6) is 5.75 Å². The summed E-state index contributed by atoms with van der Waals surface area (Å²) in [5, 5.41) is 18.2. The van der Waals surface area contributed by atoms with Gasteiger partial charge < -0.3 is 19.4 Å². The quantitative estimate of drug-likeness (QED) is 0.648. The van der Waals surface area contributed by atoms with Gasteiger partial charge in [0.15, 0.2) is 11.3 Å². The van der Waals surface area contributed by atoms with Crippen LogP contribution in [0.2, 0.25) is 0 Å². The van der Waals surface area contributed by atoms with Gasteiger partial charge in [0.2, 0.25) is 0 Å². The SMILES string of the molecule is CCCOc1cc(C)c(C)c2nc(SCC(CC(=O)O)C(=O)O)oc12. The average Bonchev–Trinajstić information content (AvgIpc) is 2.97. The first-order valence-electron chi connectivity index (χ1n) is 7.94. The molecule has 1 unspecified atom stereocenters. The number of nitrogens with zero attached hydrogens (tertiary/aromatic N) is 1. The van der Waals surface area contributed by atoms with Crippen LogP contribution in [-0.2, 0) is 9.59 Å². The van der Waals surface area contributed by atoms with E-state index >= 15 is 0 Å². The van der Waals surface area contributed by atoms with Gasteiger partial charge in [-0.05, 0) is 37.5 Å². The highest BCUT2D eigenvalue weighted by atomic mass is 32.2. The number of carboxylic acid groups (broad SMARTS) is 2. The van der Waals surface area contributed by atoms with Crippen LogP contribution < -0.4 is 4.74 Å². The van der Waals surface area contributed by atoms with Crippen LogP contribution in [0.15, 0.2) is 15.7 Å². The van der Waals surface area contributed by atoms with Crippen LogP contribution in [0.25, 0.3) is 11.1 Å². The third-order valence-electron chi connectivity index (χ3n) is 3.77. The molecule has 0 radical (unpaired) electrons. The zero-order valence-electron chi connectivity index (χ0n) is 14.4. The van der Waals surface area contributed by atoms with Crippen molar-refractivity contribution in [2.75, 3.05) is 12.4 Å². The van der Waals surface area contributed by atoms with E-state index in [9.17, 15) is 9.59 Å². The fourth-order valence-electron chi connectivity index (χ4n) is 2.26. The molecule has 1 aromatic heterocycles. The first kappa shape index (κ1) is 19.1. The van der Waals surface area contributed by atoms with Crippen LogP contribution in [0, 0.1) is 19.8 Å². The summed E-state index contributed by atoms with van der Waals surface area (Å²) in [6.07, 6.45) is 0.422. The van der Waals surface area contributed by atoms with Crippen molar-refractivity contribution in [1.29, 1.82) is 0 Å². The molecule has 0 fully saturated rings. The van der Waals surface area contributed by atoms with E-state index in [0.717, 1.165) is 29.3 Å². The lowest BCUT2D eigenvalue weighted by atomic mass is 10.1. The number of benzene rings is 1. The smallest absolute Gasteiger partial charge is 0.307 e. The molecular formula is C17H21NO6S. The van der Waals surface area contributed by atoms with E-state index in [2.05, 4.69) is 4.98 Å². The van der Waals surface area contributed by atoms with Crippen molar-refractivity contribution >= 4 is 34.8 Å². The standard InChI is InChI=1S/C17H21NO6S/c1-4-5-23-12-6-9(2)10(3)14-15(12)24-17(18-14)25-8-11(16(21)22)7-13(19)20/h6,11H,4-5,7-8H2,1-3H3,(H,19,20)(H,21,22). The number of rotatable bonds is 9. The molecule has 25 heavy (non-hydrogen) atoms. The molecule has 0 aliphatic heterocycles. The summed E-state index contributed by atoms with van der Waals surface area (Å²) in [5.41, 5.74) is 3.20. The minimum atomic E-state index is -1.15. The summed E-state index contributed by atoms with van der Waals surface area (Å²) in [6, 6.07) is 1.90. The van der Waals surface area contributed by atoms with Crippen molar-refractivity contribution in [3.8, 4) is 5.75 Å². The number of thioether (sulfide) groups is 1. The maximum Gasteiger partial charge on any atom is 0.307 e. The van der Waals surface area contributed by atoms with Gasteiger partial charge in [-0.15, -0.1) is 0 Å². The lowest BCUT2D eigenvalue weighted by molar-refractivity contribution is -0.147. The number of hydrogen-bond donors (Lipinski definition) is 2. The molecule has 0 bridgehead atoms. The lowest BCUT2D eigenvalue weighted by Gasteiger charge is -2.08. The Morgan fingerprint density at radius 1 is 1.36 bits per heavy atom. The van der Waals surface area contributed by atoms with Crippen LogP contribution in [-0.4, -0.2) is 39.5 Å². The molecule has 136 valence electrons. The Kier molecular flexibility index (Phi) is 6.30. The third kappa shape index (κ3) is 4.66. The second kappa shape index (κ2) is 8.24. The highest BCUT2D eigenvalue weighted by Gasteiger charge is 2.23. The number of aromatic nitrogens is 1. The molecule has 7 nitrogen and oxygen atoms in total. The van der Waals surface area contributed by atoms with Crippen molar-refractivity contribution in [3.05, 3.63) is 17.2 Å². The average molecular weight is 367 g/mol. The molecule has 2 aromatic rings. The molecule has 1 atom stereocenters. The van der Waals surface area contributed by atoms with Gasteiger partial charge >= 0.3 is 11.9 Å². The second-order valence-electron chi connectivity index (χ2n) is 5.77. The van der Waals surface area contributed by atoms with E-state index in [1.54, 1.807) is 0 Å². The van der Waals surface area contributed by atoms with Gasteiger partial charge in [0.25, 0.3) is 5.22 Å². The van der Waals surface area contributed by atoms with E-state index in [1.807, 2.05) is 26.8 Å². The fourth-order valence-corrected chi connectivity index (χ4v) is 3.16. The summed E-state index contributed by atoms with van der Waals surface area (Å²) >= 11 is 1.09. The molecule has 0 aliphatic carbocycles. The predicted octanol–water partition coefficient (Wildman–Crippen LogP) is 3.50. The summed E-state index contributed by atoms with van der Waals surface area (Å²) in [7, 11) is 0. The third-order valence-corrected chi connectivity index (χ3v) is 4.76. The van der Waals surface area contributed by atoms with Crippen molar-refractivity contribution < 1.29 is 29.0 Å². The van der Waals surface area contributed by atoms with Gasteiger partial charge in [0.05, 0.1) is 18.9 Å². The number of ether oxygens (including phenoxy) is 1. The number of aliphatic carboxylic acids is 2. The summed E-state index contributed by atoms with van der Waals surface area (Å²) < 4.78 is 11.5. The molecule has 0 aliphatic rings. The largest absolute Gasteiger partial charge is 0.490 e. The topological polar surface area (TPSA) is 110 Å². The number of oxazole rings is 1. The number of aryl methyl sites for hydroxylation is 2. The molecule has 0 spiro atoms. The van der Waals surface area contributed by atoms with Gasteiger partial charge in [-0.3, -0.25) is 9.59 Å².